The fourth-order valence-electron chi connectivity index (χ4n) is 1.63. The number of rotatable bonds is 3. The predicted octanol–water partition coefficient (Wildman–Crippen LogP) is 4.25. The van der Waals surface area contributed by atoms with Gasteiger partial charge in [0.1, 0.15) is 0 Å². The highest BCUT2D eigenvalue weighted by atomic mass is 79.9. The van der Waals surface area contributed by atoms with Gasteiger partial charge in [0.2, 0.25) is 0 Å². The summed E-state index contributed by atoms with van der Waals surface area (Å²) < 4.78 is 1.69. The number of nitrogens with zero attached hydrogens (tertiary/aromatic N) is 2. The van der Waals surface area contributed by atoms with Crippen LogP contribution in [0.2, 0.25) is 0 Å². The number of carbonyl (C=O) groups excluding carboxylic acids is 1. The van der Waals surface area contributed by atoms with Gasteiger partial charge in [-0.2, -0.15) is 0 Å². The van der Waals surface area contributed by atoms with Gasteiger partial charge in [0.05, 0.1) is 23.3 Å². The molecule has 0 N–H and O–H groups in total. The Bertz CT molecular complexity index is 612. The predicted molar refractivity (Wildman–Crippen MR) is 84.5 cm³/mol. The fourth-order valence-corrected chi connectivity index (χ4v) is 3.24. The van der Waals surface area contributed by atoms with Crippen LogP contribution in [0.1, 0.15) is 20.9 Å². The number of thiazole rings is 1. The molecule has 2 rings (SSSR count). The van der Waals surface area contributed by atoms with E-state index in [4.69, 9.17) is 0 Å². The number of aromatic nitrogens is 1. The van der Waals surface area contributed by atoms with Gasteiger partial charge in [-0.05, 0) is 41.1 Å². The van der Waals surface area contributed by atoms with Crippen LogP contribution in [0.5, 0.6) is 0 Å². The maximum absolute atomic E-state index is 12.4. The minimum atomic E-state index is -0.0130. The molecule has 2 aromatic rings. The monoisotopic (exact) mass is 402 g/mol. The first-order valence-corrected chi connectivity index (χ1v) is 8.05. The zero-order valence-corrected chi connectivity index (χ0v) is 14.5. The molecule has 0 radical (unpaired) electrons. The average molecular weight is 404 g/mol. The molecule has 1 aromatic carbocycles. The molecule has 100 valence electrons. The van der Waals surface area contributed by atoms with Gasteiger partial charge >= 0.3 is 0 Å². The van der Waals surface area contributed by atoms with Crippen molar-refractivity contribution in [2.45, 2.75) is 13.5 Å². The van der Waals surface area contributed by atoms with E-state index in [9.17, 15) is 4.79 Å². The van der Waals surface area contributed by atoms with Crippen LogP contribution in [-0.2, 0) is 6.54 Å². The van der Waals surface area contributed by atoms with Crippen molar-refractivity contribution in [2.24, 2.45) is 0 Å². The third kappa shape index (κ3) is 3.43. The number of hydrogen-bond donors (Lipinski definition) is 0. The SMILES string of the molecule is Cc1ncsc1CN(C)C(=O)c1cc(Br)ccc1Br. The van der Waals surface area contributed by atoms with E-state index in [1.54, 1.807) is 28.8 Å². The number of amides is 1. The molecule has 1 heterocycles. The largest absolute Gasteiger partial charge is 0.336 e. The molecule has 6 heteroatoms. The summed E-state index contributed by atoms with van der Waals surface area (Å²) in [7, 11) is 1.80. The number of hydrogen-bond acceptors (Lipinski definition) is 3. The summed E-state index contributed by atoms with van der Waals surface area (Å²) >= 11 is 8.37. The first-order chi connectivity index (χ1) is 8.99. The van der Waals surface area contributed by atoms with Crippen LogP contribution in [0, 0.1) is 6.92 Å². The first kappa shape index (κ1) is 14.7. The molecule has 0 saturated carbocycles. The summed E-state index contributed by atoms with van der Waals surface area (Å²) in [4.78, 5) is 19.4. The summed E-state index contributed by atoms with van der Waals surface area (Å²) in [5.41, 5.74) is 3.44. The van der Waals surface area contributed by atoms with Gasteiger partial charge in [-0.15, -0.1) is 11.3 Å². The number of benzene rings is 1. The second-order valence-electron chi connectivity index (χ2n) is 4.15. The van der Waals surface area contributed by atoms with Crippen molar-refractivity contribution < 1.29 is 4.79 Å². The molecule has 0 saturated heterocycles. The Hall–Kier alpha value is -0.720. The van der Waals surface area contributed by atoms with Gasteiger partial charge in [-0.1, -0.05) is 15.9 Å². The van der Waals surface area contributed by atoms with Crippen LogP contribution in [-0.4, -0.2) is 22.8 Å². The molecule has 0 bridgehead atoms. The van der Waals surface area contributed by atoms with Crippen molar-refractivity contribution in [2.75, 3.05) is 7.05 Å². The smallest absolute Gasteiger partial charge is 0.255 e. The van der Waals surface area contributed by atoms with Gasteiger partial charge in [0.15, 0.2) is 0 Å². The molecule has 0 aliphatic carbocycles. The molecule has 19 heavy (non-hydrogen) atoms. The molecule has 0 fully saturated rings. The first-order valence-electron chi connectivity index (χ1n) is 5.58. The Labute approximate surface area is 132 Å². The van der Waals surface area contributed by atoms with Gasteiger partial charge in [0.25, 0.3) is 5.91 Å². The van der Waals surface area contributed by atoms with E-state index < -0.39 is 0 Å². The molecule has 1 aromatic heterocycles. The van der Waals surface area contributed by atoms with Crippen molar-refractivity contribution in [1.82, 2.24) is 9.88 Å². The van der Waals surface area contributed by atoms with Crippen LogP contribution in [0.15, 0.2) is 32.7 Å². The summed E-state index contributed by atoms with van der Waals surface area (Å²) in [5.74, 6) is -0.0130. The van der Waals surface area contributed by atoms with E-state index in [-0.39, 0.29) is 5.91 Å². The highest BCUT2D eigenvalue weighted by Gasteiger charge is 2.16. The highest BCUT2D eigenvalue weighted by molar-refractivity contribution is 9.11. The van der Waals surface area contributed by atoms with E-state index in [1.807, 2.05) is 25.1 Å². The van der Waals surface area contributed by atoms with Gasteiger partial charge in [-0.25, -0.2) is 4.98 Å². The lowest BCUT2D eigenvalue weighted by molar-refractivity contribution is 0.0785. The highest BCUT2D eigenvalue weighted by Crippen LogP contribution is 2.24. The van der Waals surface area contributed by atoms with E-state index in [2.05, 4.69) is 36.8 Å². The second kappa shape index (κ2) is 6.15. The third-order valence-electron chi connectivity index (χ3n) is 2.73. The van der Waals surface area contributed by atoms with Crippen molar-refractivity contribution in [3.8, 4) is 0 Å². The summed E-state index contributed by atoms with van der Waals surface area (Å²) in [5, 5.41) is 0. The Morgan fingerprint density at radius 3 is 2.79 bits per heavy atom. The van der Waals surface area contributed by atoms with Crippen LogP contribution in [0.4, 0.5) is 0 Å². The zero-order chi connectivity index (χ0) is 14.0. The molecule has 0 aliphatic rings. The summed E-state index contributed by atoms with van der Waals surface area (Å²) in [6.07, 6.45) is 0. The van der Waals surface area contributed by atoms with E-state index >= 15 is 0 Å². The maximum atomic E-state index is 12.4. The second-order valence-corrected chi connectivity index (χ2v) is 6.86. The lowest BCUT2D eigenvalue weighted by Crippen LogP contribution is -2.26. The summed E-state index contributed by atoms with van der Waals surface area (Å²) in [6.45, 7) is 2.54. The van der Waals surface area contributed by atoms with Gasteiger partial charge < -0.3 is 4.90 Å². The Kier molecular flexibility index (Phi) is 4.76. The van der Waals surface area contributed by atoms with Crippen LogP contribution < -0.4 is 0 Å². The maximum Gasteiger partial charge on any atom is 0.255 e. The van der Waals surface area contributed by atoms with Crippen LogP contribution in [0.3, 0.4) is 0 Å². The Balaban J connectivity index is 2.19. The van der Waals surface area contributed by atoms with Gasteiger partial charge in [0, 0.05) is 20.9 Å². The molecule has 0 atom stereocenters. The number of carbonyl (C=O) groups is 1. The van der Waals surface area contributed by atoms with Crippen molar-refractivity contribution in [3.63, 3.8) is 0 Å². The van der Waals surface area contributed by atoms with Crippen molar-refractivity contribution in [3.05, 3.63) is 48.8 Å². The molecule has 0 unspecified atom stereocenters. The van der Waals surface area contributed by atoms with E-state index in [0.717, 1.165) is 19.5 Å². The molecular weight excluding hydrogens is 392 g/mol. The third-order valence-corrected chi connectivity index (χ3v) is 4.84. The topological polar surface area (TPSA) is 33.2 Å². The Morgan fingerprint density at radius 1 is 1.42 bits per heavy atom. The quantitative estimate of drug-likeness (QED) is 0.767. The van der Waals surface area contributed by atoms with E-state index in [0.29, 0.717) is 12.1 Å². The lowest BCUT2D eigenvalue weighted by Gasteiger charge is -2.17. The molecule has 0 spiro atoms. The van der Waals surface area contributed by atoms with Gasteiger partial charge in [-0.3, -0.25) is 4.79 Å². The molecular formula is C13H12Br2N2OS. The lowest BCUT2D eigenvalue weighted by atomic mass is 10.2. The number of halogens is 2. The standard InChI is InChI=1S/C13H12Br2N2OS/c1-8-12(19-7-16-8)6-17(2)13(18)10-5-9(14)3-4-11(10)15/h3-5,7H,6H2,1-2H3. The van der Waals surface area contributed by atoms with Crippen molar-refractivity contribution in [1.29, 1.82) is 0 Å². The normalized spacial score (nSPS) is 10.5. The molecule has 0 aliphatic heterocycles. The minimum absolute atomic E-state index is 0.0130. The van der Waals surface area contributed by atoms with Crippen molar-refractivity contribution >= 4 is 49.1 Å². The van der Waals surface area contributed by atoms with Crippen LogP contribution >= 0.6 is 43.2 Å². The summed E-state index contributed by atoms with van der Waals surface area (Å²) in [6, 6.07) is 5.58. The zero-order valence-electron chi connectivity index (χ0n) is 10.5. The molecule has 1 amide bonds. The van der Waals surface area contributed by atoms with E-state index in [1.165, 1.54) is 0 Å². The fraction of sp³-hybridized carbons (Fsp3) is 0.231. The van der Waals surface area contributed by atoms with Crippen LogP contribution in [0.25, 0.3) is 0 Å². The average Bonchev–Trinajstić information content (AvgIpc) is 2.77. The minimum Gasteiger partial charge on any atom is -0.336 e. The molecule has 3 nitrogen and oxygen atoms in total. The number of aryl methyl sites for hydroxylation is 1. The Morgan fingerprint density at radius 2 is 2.16 bits per heavy atom.